The first-order valence-corrected chi connectivity index (χ1v) is 3.71. The largest absolute Gasteiger partial charge is 0.329 e. The monoisotopic (exact) mass is 204 g/mol. The Morgan fingerprint density at radius 3 is 2.14 bits per heavy atom. The van der Waals surface area contributed by atoms with E-state index in [0.29, 0.717) is 19.5 Å². The van der Waals surface area contributed by atoms with Crippen molar-refractivity contribution >= 4 is 11.8 Å². The minimum absolute atomic E-state index is 0. The summed E-state index contributed by atoms with van der Waals surface area (Å²) >= 11 is 0. The molecule has 1 atom stereocenters. The standard InChI is InChI=1S/C7H12N2O2.3CH4/c1-5-4-6(10)9(3-2-8)7(5)11;;;/h5H,2-4,8H2,1H3;3*1H4. The molecule has 1 aliphatic heterocycles. The van der Waals surface area contributed by atoms with E-state index in [1.807, 2.05) is 0 Å². The van der Waals surface area contributed by atoms with Gasteiger partial charge in [-0.3, -0.25) is 14.5 Å². The van der Waals surface area contributed by atoms with Gasteiger partial charge in [0.05, 0.1) is 0 Å². The van der Waals surface area contributed by atoms with E-state index < -0.39 is 0 Å². The van der Waals surface area contributed by atoms with Gasteiger partial charge < -0.3 is 5.73 Å². The second kappa shape index (κ2) is 7.50. The van der Waals surface area contributed by atoms with Crippen molar-refractivity contribution in [1.29, 1.82) is 0 Å². The van der Waals surface area contributed by atoms with Crippen LogP contribution in [0.15, 0.2) is 0 Å². The number of imide groups is 1. The molecule has 0 saturated carbocycles. The topological polar surface area (TPSA) is 63.4 Å². The lowest BCUT2D eigenvalue weighted by molar-refractivity contribution is -0.139. The molecule has 1 unspecified atom stereocenters. The molecule has 2 N–H and O–H groups in total. The van der Waals surface area contributed by atoms with Crippen molar-refractivity contribution in [2.75, 3.05) is 13.1 Å². The van der Waals surface area contributed by atoms with E-state index in [1.165, 1.54) is 4.90 Å². The summed E-state index contributed by atoms with van der Waals surface area (Å²) < 4.78 is 0. The number of nitrogens with zero attached hydrogens (tertiary/aromatic N) is 1. The van der Waals surface area contributed by atoms with E-state index in [4.69, 9.17) is 5.73 Å². The molecule has 86 valence electrons. The predicted molar refractivity (Wildman–Crippen MR) is 59.7 cm³/mol. The van der Waals surface area contributed by atoms with Crippen molar-refractivity contribution in [3.8, 4) is 0 Å². The molecule has 0 spiro atoms. The normalized spacial score (nSPS) is 19.6. The molecule has 0 aromatic rings. The van der Waals surface area contributed by atoms with Crippen molar-refractivity contribution in [1.82, 2.24) is 4.90 Å². The lowest BCUT2D eigenvalue weighted by Gasteiger charge is -2.11. The molecular formula is C10H24N2O2. The second-order valence-electron chi connectivity index (χ2n) is 2.78. The number of likely N-dealkylation sites (tertiary alicyclic amines) is 1. The average Bonchev–Trinajstić information content (AvgIpc) is 2.17. The first-order valence-electron chi connectivity index (χ1n) is 3.71. The van der Waals surface area contributed by atoms with E-state index >= 15 is 0 Å². The highest BCUT2D eigenvalue weighted by atomic mass is 16.2. The highest BCUT2D eigenvalue weighted by Gasteiger charge is 2.34. The Kier molecular flexibility index (Phi) is 10.1. The lowest BCUT2D eigenvalue weighted by atomic mass is 10.1. The number of nitrogens with two attached hydrogens (primary N) is 1. The summed E-state index contributed by atoms with van der Waals surface area (Å²) in [6.07, 6.45) is 0.346. The van der Waals surface area contributed by atoms with Gasteiger partial charge in [0.15, 0.2) is 0 Å². The number of hydrogen-bond donors (Lipinski definition) is 1. The van der Waals surface area contributed by atoms with Gasteiger partial charge in [0, 0.05) is 25.4 Å². The van der Waals surface area contributed by atoms with Crippen molar-refractivity contribution < 1.29 is 9.59 Å². The quantitative estimate of drug-likeness (QED) is 0.688. The summed E-state index contributed by atoms with van der Waals surface area (Å²) in [5.74, 6) is -0.317. The Morgan fingerprint density at radius 1 is 1.36 bits per heavy atom. The Balaban J connectivity index is -0.000000403. The average molecular weight is 204 g/mol. The fourth-order valence-corrected chi connectivity index (χ4v) is 1.21. The Hall–Kier alpha value is -0.900. The maximum absolute atomic E-state index is 11.2. The lowest BCUT2D eigenvalue weighted by Crippen LogP contribution is -2.34. The number of rotatable bonds is 2. The molecule has 0 radical (unpaired) electrons. The molecule has 2 amide bonds. The number of amides is 2. The molecule has 1 fully saturated rings. The predicted octanol–water partition coefficient (Wildman–Crippen LogP) is 1.25. The molecule has 0 aromatic carbocycles. The van der Waals surface area contributed by atoms with Crippen LogP contribution in [0.2, 0.25) is 0 Å². The molecule has 1 rings (SSSR count). The third kappa shape index (κ3) is 3.46. The zero-order valence-corrected chi connectivity index (χ0v) is 6.54. The highest BCUT2D eigenvalue weighted by Crippen LogP contribution is 2.17. The molecule has 0 aromatic heterocycles. The van der Waals surface area contributed by atoms with Gasteiger partial charge in [0.25, 0.3) is 0 Å². The maximum atomic E-state index is 11.2. The van der Waals surface area contributed by atoms with E-state index in [0.717, 1.165) is 0 Å². The van der Waals surface area contributed by atoms with Crippen molar-refractivity contribution in [2.24, 2.45) is 11.7 Å². The van der Waals surface area contributed by atoms with E-state index in [-0.39, 0.29) is 40.0 Å². The van der Waals surface area contributed by atoms with Crippen LogP contribution in [0.3, 0.4) is 0 Å². The van der Waals surface area contributed by atoms with Gasteiger partial charge in [0.2, 0.25) is 11.8 Å². The van der Waals surface area contributed by atoms with Crippen molar-refractivity contribution in [2.45, 2.75) is 35.6 Å². The number of carbonyl (C=O) groups is 2. The van der Waals surface area contributed by atoms with Gasteiger partial charge in [0.1, 0.15) is 0 Å². The smallest absolute Gasteiger partial charge is 0.232 e. The second-order valence-corrected chi connectivity index (χ2v) is 2.78. The fourth-order valence-electron chi connectivity index (χ4n) is 1.21. The van der Waals surface area contributed by atoms with Gasteiger partial charge in [-0.05, 0) is 0 Å². The zero-order valence-electron chi connectivity index (χ0n) is 6.54. The van der Waals surface area contributed by atoms with Crippen LogP contribution in [0.4, 0.5) is 0 Å². The van der Waals surface area contributed by atoms with Gasteiger partial charge in [-0.25, -0.2) is 0 Å². The van der Waals surface area contributed by atoms with Crippen LogP contribution in [-0.4, -0.2) is 29.8 Å². The SMILES string of the molecule is C.C.C.CC1CC(=O)N(CCN)C1=O. The van der Waals surface area contributed by atoms with Crippen LogP contribution in [-0.2, 0) is 9.59 Å². The van der Waals surface area contributed by atoms with E-state index in [2.05, 4.69) is 0 Å². The molecule has 1 saturated heterocycles. The van der Waals surface area contributed by atoms with Gasteiger partial charge in [-0.1, -0.05) is 29.2 Å². The molecule has 4 nitrogen and oxygen atoms in total. The molecule has 14 heavy (non-hydrogen) atoms. The number of carbonyl (C=O) groups excluding carboxylic acids is 2. The van der Waals surface area contributed by atoms with E-state index in [1.54, 1.807) is 6.92 Å². The molecular weight excluding hydrogens is 180 g/mol. The first-order chi connectivity index (χ1) is 5.16. The minimum atomic E-state index is -0.144. The summed E-state index contributed by atoms with van der Waals surface area (Å²) in [5.41, 5.74) is 5.23. The van der Waals surface area contributed by atoms with Crippen molar-refractivity contribution in [3.05, 3.63) is 0 Å². The van der Waals surface area contributed by atoms with Crippen LogP contribution in [0.1, 0.15) is 35.6 Å². The third-order valence-electron chi connectivity index (χ3n) is 1.82. The molecule has 4 heteroatoms. The van der Waals surface area contributed by atoms with Crippen LogP contribution >= 0.6 is 0 Å². The molecule has 1 aliphatic rings. The summed E-state index contributed by atoms with van der Waals surface area (Å²) in [7, 11) is 0. The van der Waals surface area contributed by atoms with Gasteiger partial charge in [-0.15, -0.1) is 0 Å². The van der Waals surface area contributed by atoms with Crippen molar-refractivity contribution in [3.63, 3.8) is 0 Å². The fraction of sp³-hybridized carbons (Fsp3) is 0.800. The Bertz CT molecular complexity index is 193. The maximum Gasteiger partial charge on any atom is 0.232 e. The van der Waals surface area contributed by atoms with E-state index in [9.17, 15) is 9.59 Å². The molecule has 0 aliphatic carbocycles. The minimum Gasteiger partial charge on any atom is -0.329 e. The summed E-state index contributed by atoms with van der Waals surface area (Å²) in [5, 5.41) is 0. The van der Waals surface area contributed by atoms with Crippen LogP contribution in [0.5, 0.6) is 0 Å². The molecule has 1 heterocycles. The molecule has 0 bridgehead atoms. The summed E-state index contributed by atoms with van der Waals surface area (Å²) in [4.78, 5) is 23.4. The number of hydrogen-bond acceptors (Lipinski definition) is 3. The van der Waals surface area contributed by atoms with Gasteiger partial charge >= 0.3 is 0 Å². The van der Waals surface area contributed by atoms with Crippen LogP contribution in [0.25, 0.3) is 0 Å². The third-order valence-corrected chi connectivity index (χ3v) is 1.82. The van der Waals surface area contributed by atoms with Crippen LogP contribution in [0, 0.1) is 5.92 Å². The summed E-state index contributed by atoms with van der Waals surface area (Å²) in [6.45, 7) is 2.48. The Labute approximate surface area is 87.5 Å². The zero-order chi connectivity index (χ0) is 8.43. The van der Waals surface area contributed by atoms with Crippen LogP contribution < -0.4 is 5.73 Å². The summed E-state index contributed by atoms with van der Waals surface area (Å²) in [6, 6.07) is 0. The Morgan fingerprint density at radius 2 is 1.86 bits per heavy atom. The first kappa shape index (κ1) is 18.8. The highest BCUT2D eigenvalue weighted by molar-refractivity contribution is 6.03. The van der Waals surface area contributed by atoms with Gasteiger partial charge in [-0.2, -0.15) is 0 Å².